The van der Waals surface area contributed by atoms with Crippen molar-refractivity contribution in [2.75, 3.05) is 12.3 Å². The smallest absolute Gasteiger partial charge is 0.321 e. The monoisotopic (exact) mass is 248 g/mol. The van der Waals surface area contributed by atoms with Crippen LogP contribution in [0.3, 0.4) is 0 Å². The van der Waals surface area contributed by atoms with Gasteiger partial charge < -0.3 is 10.4 Å². The number of amides is 1. The molecule has 16 heavy (non-hydrogen) atoms. The van der Waals surface area contributed by atoms with Crippen LogP contribution in [0.2, 0.25) is 0 Å². The molecule has 0 saturated heterocycles. The lowest BCUT2D eigenvalue weighted by atomic mass is 10.3. The molecule has 0 fully saturated rings. The minimum absolute atomic E-state index is 0.108. The average molecular weight is 248 g/mol. The van der Waals surface area contributed by atoms with E-state index in [-0.39, 0.29) is 13.0 Å². The van der Waals surface area contributed by atoms with Crippen molar-refractivity contribution in [3.63, 3.8) is 0 Å². The first-order valence-electron chi connectivity index (χ1n) is 4.43. The van der Waals surface area contributed by atoms with E-state index >= 15 is 0 Å². The summed E-state index contributed by atoms with van der Waals surface area (Å²) in [4.78, 5) is 21.6. The van der Waals surface area contributed by atoms with Gasteiger partial charge in [0.15, 0.2) is 15.1 Å². The number of nitrogens with zero attached hydrogens (tertiary/aromatic N) is 1. The Hall–Kier alpha value is -1.62. The first-order chi connectivity index (χ1) is 7.35. The van der Waals surface area contributed by atoms with Gasteiger partial charge in [-0.2, -0.15) is 5.26 Å². The molecular weight excluding hydrogens is 236 g/mol. The Morgan fingerprint density at radius 1 is 1.50 bits per heavy atom. The zero-order chi connectivity index (χ0) is 12.8. The van der Waals surface area contributed by atoms with Crippen molar-refractivity contribution in [2.24, 2.45) is 0 Å². The maximum Gasteiger partial charge on any atom is 0.321 e. The van der Waals surface area contributed by atoms with E-state index in [0.29, 0.717) is 0 Å². The maximum atomic E-state index is 11.5. The standard InChI is InChI=1S/C8H12N2O5S/c1-2-6(8(12)13)16(14,15)5-7(11)10-4-3-9/h6H,2,4-5H2,1H3,(H,10,11)(H,12,13). The molecule has 0 aromatic heterocycles. The van der Waals surface area contributed by atoms with Crippen molar-refractivity contribution in [1.82, 2.24) is 5.32 Å². The summed E-state index contributed by atoms with van der Waals surface area (Å²) in [5.41, 5.74) is 0. The van der Waals surface area contributed by atoms with E-state index in [9.17, 15) is 18.0 Å². The first-order valence-corrected chi connectivity index (χ1v) is 6.14. The molecule has 0 aromatic carbocycles. The molecule has 2 N–H and O–H groups in total. The lowest BCUT2D eigenvalue weighted by molar-refractivity contribution is -0.136. The van der Waals surface area contributed by atoms with Crippen LogP contribution in [0.5, 0.6) is 0 Å². The predicted octanol–water partition coefficient (Wildman–Crippen LogP) is -1.10. The lowest BCUT2D eigenvalue weighted by Gasteiger charge is -2.10. The quantitative estimate of drug-likeness (QED) is 0.575. The topological polar surface area (TPSA) is 124 Å². The lowest BCUT2D eigenvalue weighted by Crippen LogP contribution is -2.38. The van der Waals surface area contributed by atoms with Gasteiger partial charge in [-0.3, -0.25) is 9.59 Å². The largest absolute Gasteiger partial charge is 0.480 e. The van der Waals surface area contributed by atoms with E-state index in [2.05, 4.69) is 0 Å². The van der Waals surface area contributed by atoms with E-state index in [1.165, 1.54) is 6.92 Å². The van der Waals surface area contributed by atoms with Crippen molar-refractivity contribution >= 4 is 21.7 Å². The molecule has 0 rings (SSSR count). The number of nitriles is 1. The zero-order valence-corrected chi connectivity index (χ0v) is 9.45. The second-order valence-electron chi connectivity index (χ2n) is 2.98. The highest BCUT2D eigenvalue weighted by atomic mass is 32.2. The molecule has 0 aromatic rings. The molecule has 0 saturated carbocycles. The number of hydrogen-bond acceptors (Lipinski definition) is 5. The molecule has 1 amide bonds. The van der Waals surface area contributed by atoms with Crippen LogP contribution in [-0.2, 0) is 19.4 Å². The fraction of sp³-hybridized carbons (Fsp3) is 0.625. The Bertz CT molecular complexity index is 409. The van der Waals surface area contributed by atoms with E-state index in [1.807, 2.05) is 5.32 Å². The number of carbonyl (C=O) groups excluding carboxylic acids is 1. The minimum Gasteiger partial charge on any atom is -0.480 e. The van der Waals surface area contributed by atoms with E-state index in [0.717, 1.165) is 0 Å². The number of rotatable bonds is 6. The van der Waals surface area contributed by atoms with Gasteiger partial charge in [0.1, 0.15) is 12.3 Å². The van der Waals surface area contributed by atoms with E-state index in [4.69, 9.17) is 10.4 Å². The van der Waals surface area contributed by atoms with Gasteiger partial charge >= 0.3 is 5.97 Å². The second-order valence-corrected chi connectivity index (χ2v) is 5.16. The van der Waals surface area contributed by atoms with E-state index in [1.54, 1.807) is 6.07 Å². The third kappa shape index (κ3) is 4.27. The van der Waals surface area contributed by atoms with Crippen molar-refractivity contribution in [2.45, 2.75) is 18.6 Å². The Kier molecular flexibility index (Phi) is 5.46. The summed E-state index contributed by atoms with van der Waals surface area (Å²) in [5, 5.41) is 17.2. The van der Waals surface area contributed by atoms with Crippen molar-refractivity contribution < 1.29 is 23.1 Å². The van der Waals surface area contributed by atoms with Gasteiger partial charge in [-0.25, -0.2) is 8.42 Å². The van der Waals surface area contributed by atoms with Gasteiger partial charge in [0.25, 0.3) is 0 Å². The van der Waals surface area contributed by atoms with Crippen LogP contribution in [0.25, 0.3) is 0 Å². The fourth-order valence-corrected chi connectivity index (χ4v) is 2.54. The molecule has 7 nitrogen and oxygen atoms in total. The number of sulfone groups is 1. The third-order valence-electron chi connectivity index (χ3n) is 1.78. The third-order valence-corrected chi connectivity index (χ3v) is 3.84. The van der Waals surface area contributed by atoms with Crippen molar-refractivity contribution in [1.29, 1.82) is 5.26 Å². The number of carboxylic acid groups (broad SMARTS) is 1. The summed E-state index contributed by atoms with van der Waals surface area (Å²) in [5.74, 6) is -3.27. The summed E-state index contributed by atoms with van der Waals surface area (Å²) in [6.07, 6.45) is -0.108. The number of aliphatic carboxylic acids is 1. The summed E-state index contributed by atoms with van der Waals surface area (Å²) in [6, 6.07) is 1.61. The molecule has 1 unspecified atom stereocenters. The van der Waals surface area contributed by atoms with Crippen LogP contribution >= 0.6 is 0 Å². The molecule has 0 aliphatic rings. The molecule has 0 heterocycles. The van der Waals surface area contributed by atoms with Crippen molar-refractivity contribution in [3.05, 3.63) is 0 Å². The van der Waals surface area contributed by atoms with Gasteiger partial charge in [-0.1, -0.05) is 6.92 Å². The first kappa shape index (κ1) is 14.4. The van der Waals surface area contributed by atoms with E-state index < -0.39 is 32.7 Å². The number of nitrogens with one attached hydrogen (secondary N) is 1. The van der Waals surface area contributed by atoms with Gasteiger partial charge in [0, 0.05) is 0 Å². The minimum atomic E-state index is -4.02. The molecule has 90 valence electrons. The van der Waals surface area contributed by atoms with Gasteiger partial charge in [0.2, 0.25) is 5.91 Å². The average Bonchev–Trinajstić information content (AvgIpc) is 2.13. The van der Waals surface area contributed by atoms with Crippen molar-refractivity contribution in [3.8, 4) is 6.07 Å². The molecule has 1 atom stereocenters. The maximum absolute atomic E-state index is 11.5. The molecule has 0 spiro atoms. The van der Waals surface area contributed by atoms with Gasteiger partial charge in [-0.05, 0) is 6.42 Å². The zero-order valence-electron chi connectivity index (χ0n) is 8.63. The summed E-state index contributed by atoms with van der Waals surface area (Å²) >= 11 is 0. The molecule has 0 radical (unpaired) electrons. The SMILES string of the molecule is CCC(C(=O)O)S(=O)(=O)CC(=O)NCC#N. The predicted molar refractivity (Wildman–Crippen MR) is 54.1 cm³/mol. The van der Waals surface area contributed by atoms with Crippen LogP contribution < -0.4 is 5.32 Å². The van der Waals surface area contributed by atoms with Gasteiger partial charge in [0.05, 0.1) is 6.07 Å². The van der Waals surface area contributed by atoms with Crippen LogP contribution in [0, 0.1) is 11.3 Å². The molecule has 0 bridgehead atoms. The number of carbonyl (C=O) groups is 2. The number of carboxylic acids is 1. The fourth-order valence-electron chi connectivity index (χ4n) is 1.05. The summed E-state index contributed by atoms with van der Waals surface area (Å²) in [6.45, 7) is 1.10. The van der Waals surface area contributed by atoms with Crippen LogP contribution in [0.1, 0.15) is 13.3 Å². The highest BCUT2D eigenvalue weighted by Crippen LogP contribution is 2.07. The van der Waals surface area contributed by atoms with Gasteiger partial charge in [-0.15, -0.1) is 0 Å². The summed E-state index contributed by atoms with van der Waals surface area (Å²) < 4.78 is 22.9. The Labute approximate surface area is 93.0 Å². The highest BCUT2D eigenvalue weighted by Gasteiger charge is 2.32. The van der Waals surface area contributed by atoms with Crippen LogP contribution in [0.4, 0.5) is 0 Å². The molecule has 0 aliphatic heterocycles. The van der Waals surface area contributed by atoms with Crippen LogP contribution in [-0.4, -0.2) is 42.9 Å². The molecule has 0 aliphatic carbocycles. The Morgan fingerprint density at radius 2 is 2.06 bits per heavy atom. The normalized spacial score (nSPS) is 12.5. The summed E-state index contributed by atoms with van der Waals surface area (Å²) in [7, 11) is -4.02. The second kappa shape index (κ2) is 6.07. The molecule has 8 heteroatoms. The molecular formula is C8H12N2O5S. The Morgan fingerprint density at radius 3 is 2.44 bits per heavy atom. The van der Waals surface area contributed by atoms with Crippen LogP contribution in [0.15, 0.2) is 0 Å². The Balaban J connectivity index is 4.63. The number of hydrogen-bond donors (Lipinski definition) is 2. The highest BCUT2D eigenvalue weighted by molar-refractivity contribution is 7.93.